The highest BCUT2D eigenvalue weighted by Crippen LogP contribution is 2.31. The summed E-state index contributed by atoms with van der Waals surface area (Å²) in [5, 5.41) is 3.42. The van der Waals surface area contributed by atoms with Crippen LogP contribution in [0.2, 0.25) is 0 Å². The molecule has 0 fully saturated rings. The number of hydrogen-bond acceptors (Lipinski definition) is 2. The second kappa shape index (κ2) is 7.57. The summed E-state index contributed by atoms with van der Waals surface area (Å²) in [7, 11) is 0. The molecule has 0 saturated heterocycles. The molecule has 0 aromatic heterocycles. The van der Waals surface area contributed by atoms with E-state index in [2.05, 4.69) is 19.2 Å². The second-order valence-corrected chi connectivity index (χ2v) is 5.88. The Kier molecular flexibility index (Phi) is 5.76. The van der Waals surface area contributed by atoms with Gasteiger partial charge in [-0.05, 0) is 48.9 Å². The van der Waals surface area contributed by atoms with Crippen LogP contribution in [0.3, 0.4) is 0 Å². The van der Waals surface area contributed by atoms with Gasteiger partial charge in [0.25, 0.3) is 0 Å². The third-order valence-corrected chi connectivity index (χ3v) is 4.30. The van der Waals surface area contributed by atoms with Crippen molar-refractivity contribution in [2.45, 2.75) is 36.1 Å². The van der Waals surface area contributed by atoms with E-state index >= 15 is 0 Å². The zero-order valence-electron chi connectivity index (χ0n) is 12.2. The molecule has 112 valence electrons. The molecule has 0 radical (unpaired) electrons. The van der Waals surface area contributed by atoms with E-state index < -0.39 is 11.6 Å². The van der Waals surface area contributed by atoms with Gasteiger partial charge in [-0.15, -0.1) is 0 Å². The number of hydrogen-bond donors (Lipinski definition) is 1. The van der Waals surface area contributed by atoms with Crippen LogP contribution in [0.1, 0.15) is 31.9 Å². The van der Waals surface area contributed by atoms with Crippen LogP contribution in [0.25, 0.3) is 0 Å². The molecule has 0 amide bonds. The Bertz CT molecular complexity index is 584. The Labute approximate surface area is 128 Å². The van der Waals surface area contributed by atoms with Crippen molar-refractivity contribution in [3.8, 4) is 0 Å². The summed E-state index contributed by atoms with van der Waals surface area (Å²) in [5.74, 6) is -0.821. The normalized spacial score (nSPS) is 12.4. The Morgan fingerprint density at radius 1 is 1.05 bits per heavy atom. The van der Waals surface area contributed by atoms with E-state index in [0.717, 1.165) is 30.0 Å². The molecule has 0 aliphatic carbocycles. The van der Waals surface area contributed by atoms with E-state index in [4.69, 9.17) is 0 Å². The zero-order valence-corrected chi connectivity index (χ0v) is 13.0. The maximum absolute atomic E-state index is 13.6. The van der Waals surface area contributed by atoms with E-state index in [1.165, 1.54) is 23.4 Å². The topological polar surface area (TPSA) is 12.0 Å². The Morgan fingerprint density at radius 3 is 2.38 bits per heavy atom. The summed E-state index contributed by atoms with van der Waals surface area (Å²) in [4.78, 5) is 1.20. The van der Waals surface area contributed by atoms with Crippen LogP contribution < -0.4 is 5.32 Å². The van der Waals surface area contributed by atoms with Gasteiger partial charge >= 0.3 is 0 Å². The van der Waals surface area contributed by atoms with Crippen molar-refractivity contribution >= 4 is 11.8 Å². The molecule has 0 spiro atoms. The van der Waals surface area contributed by atoms with Crippen LogP contribution in [-0.4, -0.2) is 6.54 Å². The fourth-order valence-electron chi connectivity index (χ4n) is 2.19. The van der Waals surface area contributed by atoms with Crippen LogP contribution in [0.4, 0.5) is 8.78 Å². The molecule has 0 aliphatic rings. The van der Waals surface area contributed by atoms with Gasteiger partial charge in [0, 0.05) is 10.9 Å². The molecule has 1 atom stereocenters. The Hall–Kier alpha value is -1.39. The van der Waals surface area contributed by atoms with E-state index in [0.29, 0.717) is 10.9 Å². The lowest BCUT2D eigenvalue weighted by Gasteiger charge is -2.16. The summed E-state index contributed by atoms with van der Waals surface area (Å²) < 4.78 is 26.8. The monoisotopic (exact) mass is 307 g/mol. The highest BCUT2D eigenvalue weighted by molar-refractivity contribution is 7.99. The summed E-state index contributed by atoms with van der Waals surface area (Å²) in [6.07, 6.45) is 1.01. The van der Waals surface area contributed by atoms with Crippen molar-refractivity contribution < 1.29 is 8.78 Å². The minimum atomic E-state index is -0.422. The van der Waals surface area contributed by atoms with Crippen molar-refractivity contribution in [2.75, 3.05) is 6.54 Å². The molecular formula is C17H19F2NS. The van der Waals surface area contributed by atoms with E-state index in [1.54, 1.807) is 0 Å². The van der Waals surface area contributed by atoms with Crippen molar-refractivity contribution in [3.05, 3.63) is 59.7 Å². The SMILES string of the molecule is CCNC(CC)c1ccc(Sc2cc(F)ccc2F)cc1. The maximum atomic E-state index is 13.6. The van der Waals surface area contributed by atoms with Gasteiger partial charge in [-0.25, -0.2) is 8.78 Å². The zero-order chi connectivity index (χ0) is 15.2. The molecule has 1 nitrogen and oxygen atoms in total. The lowest BCUT2D eigenvalue weighted by molar-refractivity contribution is 0.537. The van der Waals surface area contributed by atoms with Crippen molar-refractivity contribution in [1.82, 2.24) is 5.32 Å². The van der Waals surface area contributed by atoms with Gasteiger partial charge in [0.05, 0.1) is 4.90 Å². The van der Waals surface area contributed by atoms with Gasteiger partial charge in [-0.2, -0.15) is 0 Å². The van der Waals surface area contributed by atoms with Gasteiger partial charge in [-0.3, -0.25) is 0 Å². The third kappa shape index (κ3) is 4.29. The smallest absolute Gasteiger partial charge is 0.137 e. The lowest BCUT2D eigenvalue weighted by atomic mass is 10.1. The molecule has 21 heavy (non-hydrogen) atoms. The first kappa shape index (κ1) is 16.0. The first-order valence-corrected chi connectivity index (χ1v) is 7.92. The lowest BCUT2D eigenvalue weighted by Crippen LogP contribution is -2.19. The molecular weight excluding hydrogens is 288 g/mol. The number of halogens is 2. The van der Waals surface area contributed by atoms with Crippen LogP contribution in [0.5, 0.6) is 0 Å². The van der Waals surface area contributed by atoms with Gasteiger partial charge < -0.3 is 5.32 Å². The predicted octanol–water partition coefficient (Wildman–Crippen LogP) is 5.18. The Balaban J connectivity index is 2.13. The van der Waals surface area contributed by atoms with Crippen molar-refractivity contribution in [2.24, 2.45) is 0 Å². The fraction of sp³-hybridized carbons (Fsp3) is 0.294. The standard InChI is InChI=1S/C17H19F2NS/c1-3-16(20-4-2)12-5-8-14(9-6-12)21-17-11-13(18)7-10-15(17)19/h5-11,16,20H,3-4H2,1-2H3. The first-order chi connectivity index (χ1) is 10.1. The van der Waals surface area contributed by atoms with Crippen molar-refractivity contribution in [3.63, 3.8) is 0 Å². The summed E-state index contributed by atoms with van der Waals surface area (Å²) in [6, 6.07) is 11.8. The molecule has 1 N–H and O–H groups in total. The van der Waals surface area contributed by atoms with E-state index in [1.807, 2.05) is 24.3 Å². The van der Waals surface area contributed by atoms with Gasteiger partial charge in [-0.1, -0.05) is 37.7 Å². The van der Waals surface area contributed by atoms with E-state index in [9.17, 15) is 8.78 Å². The van der Waals surface area contributed by atoms with Crippen LogP contribution in [0, 0.1) is 11.6 Å². The van der Waals surface area contributed by atoms with Crippen LogP contribution in [-0.2, 0) is 0 Å². The van der Waals surface area contributed by atoms with Gasteiger partial charge in [0.15, 0.2) is 0 Å². The molecule has 0 saturated carbocycles. The Morgan fingerprint density at radius 2 is 1.76 bits per heavy atom. The molecule has 0 bridgehead atoms. The van der Waals surface area contributed by atoms with Gasteiger partial charge in [0.1, 0.15) is 11.6 Å². The van der Waals surface area contributed by atoms with E-state index in [-0.39, 0.29) is 0 Å². The summed E-state index contributed by atoms with van der Waals surface area (Å²) in [6.45, 7) is 5.14. The summed E-state index contributed by atoms with van der Waals surface area (Å²) in [5.41, 5.74) is 1.21. The molecule has 0 aliphatic heterocycles. The van der Waals surface area contributed by atoms with Crippen molar-refractivity contribution in [1.29, 1.82) is 0 Å². The molecule has 2 aromatic rings. The minimum Gasteiger partial charge on any atom is -0.310 e. The minimum absolute atomic E-state index is 0.307. The highest BCUT2D eigenvalue weighted by atomic mass is 32.2. The molecule has 2 aromatic carbocycles. The van der Waals surface area contributed by atoms with Gasteiger partial charge in [0.2, 0.25) is 0 Å². The fourth-order valence-corrected chi connectivity index (χ4v) is 3.06. The molecule has 1 unspecified atom stereocenters. The molecule has 0 heterocycles. The maximum Gasteiger partial charge on any atom is 0.137 e. The average molecular weight is 307 g/mol. The number of rotatable bonds is 6. The number of nitrogens with one attached hydrogen (secondary N) is 1. The average Bonchev–Trinajstić information content (AvgIpc) is 2.49. The van der Waals surface area contributed by atoms with Crippen LogP contribution >= 0.6 is 11.8 Å². The predicted molar refractivity (Wildman–Crippen MR) is 83.6 cm³/mol. The number of benzene rings is 2. The largest absolute Gasteiger partial charge is 0.310 e. The van der Waals surface area contributed by atoms with Crippen LogP contribution in [0.15, 0.2) is 52.3 Å². The quantitative estimate of drug-likeness (QED) is 0.789. The second-order valence-electron chi connectivity index (χ2n) is 4.76. The highest BCUT2D eigenvalue weighted by Gasteiger charge is 2.09. The molecule has 2 rings (SSSR count). The molecule has 4 heteroatoms. The first-order valence-electron chi connectivity index (χ1n) is 7.10. The summed E-state index contributed by atoms with van der Waals surface area (Å²) >= 11 is 1.23. The third-order valence-electron chi connectivity index (χ3n) is 3.26.